The summed E-state index contributed by atoms with van der Waals surface area (Å²) in [5.74, 6) is -16.8. The van der Waals surface area contributed by atoms with Crippen molar-refractivity contribution in [3.05, 3.63) is 117 Å². The van der Waals surface area contributed by atoms with Gasteiger partial charge in [0.1, 0.15) is 107 Å². The number of ether oxygens (including phenoxy) is 5. The van der Waals surface area contributed by atoms with Crippen LogP contribution in [0.5, 0.6) is 46.0 Å². The van der Waals surface area contributed by atoms with Crippen LogP contribution in [0.1, 0.15) is 106 Å². The molecule has 18 N–H and O–H groups in total. The molecule has 524 valence electrons. The minimum absolute atomic E-state index is 0.0568. The number of carboxylic acid groups (broad SMARTS) is 1. The van der Waals surface area contributed by atoms with Gasteiger partial charge in [-0.15, -0.1) is 0 Å². The van der Waals surface area contributed by atoms with E-state index < -0.39 is 230 Å². The molecule has 0 saturated carbocycles. The van der Waals surface area contributed by atoms with Gasteiger partial charge < -0.3 is 112 Å². The number of aliphatic carboxylic acids is 1. The Morgan fingerprint density at radius 1 is 0.673 bits per heavy atom. The maximum Gasteiger partial charge on any atom is 0.410 e. The monoisotopic (exact) mass is 1400 g/mol. The number of nitrogens with two attached hydrogens (primary N) is 1. The fraction of sp³-hybridized carbons (Fsp3) is 0.391. The molecule has 0 aliphatic carbocycles. The zero-order valence-electron chi connectivity index (χ0n) is 52.8. The highest BCUT2D eigenvalue weighted by atomic mass is 35.5. The minimum Gasteiger partial charge on any atom is -0.508 e. The highest BCUT2D eigenvalue weighted by molar-refractivity contribution is 6.32. The molecule has 0 spiro atoms. The Balaban J connectivity index is 1.30. The number of aliphatic hydroxyl groups is 6. The molecule has 98 heavy (non-hydrogen) atoms. The third-order valence-electron chi connectivity index (χ3n) is 16.2. The molecule has 6 aliphatic rings. The zero-order valence-corrected chi connectivity index (χ0v) is 54.3. The second-order valence-corrected chi connectivity index (χ2v) is 25.8. The average molecular weight is 1410 g/mol. The summed E-state index contributed by atoms with van der Waals surface area (Å²) in [6.07, 6.45) is -16.5. The van der Waals surface area contributed by atoms with E-state index in [0.29, 0.717) is 0 Å². The molecule has 6 heterocycles. The molecule has 8 amide bonds. The number of aliphatic hydroxyl groups excluding tert-OH is 6. The van der Waals surface area contributed by atoms with Crippen molar-refractivity contribution < 1.29 is 118 Å². The third kappa shape index (κ3) is 15.6. The van der Waals surface area contributed by atoms with Gasteiger partial charge in [-0.2, -0.15) is 0 Å². The topological polar surface area (TPSA) is 504 Å². The number of nitrogens with zero attached hydrogens (tertiary/aromatic N) is 1. The van der Waals surface area contributed by atoms with Crippen LogP contribution in [0.2, 0.25) is 10.0 Å². The Morgan fingerprint density at radius 3 is 1.83 bits per heavy atom. The number of carbonyl (C=O) groups excluding carboxylic acids is 8. The Hall–Kier alpha value is -9.77. The first-order valence-corrected chi connectivity index (χ1v) is 30.9. The SMILES string of the molecule is CC(C)C[C@H](C(=O)N[C@H]1C(=O)N[C@@H](CC(N)=O)C(=O)N[C@H]2C(=O)N[C@H]3C(=O)N[C@H](C(=O)N[C@H](C(=O)O)c4cc(O)cc(O)c4-c4cc3ccc4O)[C@H](O)c3ccc(c(Cl)c3)Oc3cc2cc(c3OC2OC(CO)C(O)C(O)C2O)Oc2ccc(cc2Cl)[C@H]1O)N(C)C(=O)OC(C)(C)C. The smallest absolute Gasteiger partial charge is 0.410 e. The van der Waals surface area contributed by atoms with Crippen molar-refractivity contribution in [2.45, 2.75) is 138 Å². The number of amides is 8. The lowest BCUT2D eigenvalue weighted by Crippen LogP contribution is -2.60. The lowest BCUT2D eigenvalue weighted by molar-refractivity contribution is -0.277. The Bertz CT molecular complexity index is 4000. The van der Waals surface area contributed by atoms with E-state index in [1.165, 1.54) is 7.05 Å². The molecule has 32 nitrogen and oxygen atoms in total. The van der Waals surface area contributed by atoms with Crippen molar-refractivity contribution in [1.29, 1.82) is 0 Å². The Labute approximate surface area is 566 Å². The number of carbonyl (C=O) groups is 9. The molecule has 11 rings (SSSR count). The summed E-state index contributed by atoms with van der Waals surface area (Å²) in [6.45, 7) is 7.23. The molecule has 1 saturated heterocycles. The summed E-state index contributed by atoms with van der Waals surface area (Å²) in [5, 5.41) is 126. The van der Waals surface area contributed by atoms with Crippen LogP contribution in [-0.2, 0) is 47.8 Å². The summed E-state index contributed by atoms with van der Waals surface area (Å²) < 4.78 is 30.4. The van der Waals surface area contributed by atoms with Gasteiger partial charge in [-0.05, 0) is 110 Å². The summed E-state index contributed by atoms with van der Waals surface area (Å²) in [6, 6.07) is -1.74. The van der Waals surface area contributed by atoms with Crippen LogP contribution in [0, 0.1) is 5.92 Å². The van der Waals surface area contributed by atoms with Gasteiger partial charge in [0.25, 0.3) is 0 Å². The number of halogens is 2. The molecule has 14 atom stereocenters. The number of phenolic OH excluding ortho intramolecular Hbond substituents is 3. The number of aromatic hydroxyl groups is 3. The molecule has 1 fully saturated rings. The van der Waals surface area contributed by atoms with Gasteiger partial charge >= 0.3 is 12.1 Å². The van der Waals surface area contributed by atoms with Crippen LogP contribution in [0.3, 0.4) is 0 Å². The summed E-state index contributed by atoms with van der Waals surface area (Å²) in [7, 11) is 1.26. The summed E-state index contributed by atoms with van der Waals surface area (Å²) in [5.41, 5.74) is 1.69. The predicted molar refractivity (Wildman–Crippen MR) is 338 cm³/mol. The van der Waals surface area contributed by atoms with Crippen molar-refractivity contribution in [2.24, 2.45) is 11.7 Å². The van der Waals surface area contributed by atoms with Crippen molar-refractivity contribution in [1.82, 2.24) is 36.8 Å². The minimum atomic E-state index is -2.36. The number of nitrogens with one attached hydrogen (secondary N) is 6. The van der Waals surface area contributed by atoms with Gasteiger partial charge in [0, 0.05) is 29.8 Å². The number of phenols is 3. The van der Waals surface area contributed by atoms with E-state index in [1.807, 2.05) is 0 Å². The number of carboxylic acids is 1. The molecule has 5 unspecified atom stereocenters. The van der Waals surface area contributed by atoms with Crippen LogP contribution in [0.25, 0.3) is 11.1 Å². The van der Waals surface area contributed by atoms with E-state index in [-0.39, 0.29) is 34.8 Å². The highest BCUT2D eigenvalue weighted by Crippen LogP contribution is 2.49. The van der Waals surface area contributed by atoms with Crippen molar-refractivity contribution in [3.8, 4) is 57.1 Å². The lowest BCUT2D eigenvalue weighted by Gasteiger charge is -2.39. The highest BCUT2D eigenvalue weighted by Gasteiger charge is 2.47. The zero-order chi connectivity index (χ0) is 71.8. The quantitative estimate of drug-likeness (QED) is 0.0891. The number of likely N-dealkylation sites (N-methyl/N-ethyl adjacent to an activating group) is 1. The number of benzene rings is 5. The first-order chi connectivity index (χ1) is 46.0. The van der Waals surface area contributed by atoms with E-state index in [2.05, 4.69) is 31.9 Å². The van der Waals surface area contributed by atoms with E-state index in [9.17, 15) is 79.8 Å². The van der Waals surface area contributed by atoms with Gasteiger partial charge in [-0.25, -0.2) is 9.59 Å². The molecular formula is C64H70Cl2N8O24. The summed E-state index contributed by atoms with van der Waals surface area (Å²) in [4.78, 5) is 132. The fourth-order valence-corrected chi connectivity index (χ4v) is 11.7. The van der Waals surface area contributed by atoms with Crippen LogP contribution < -0.4 is 51.8 Å². The second kappa shape index (κ2) is 29.1. The van der Waals surface area contributed by atoms with Crippen LogP contribution >= 0.6 is 23.2 Å². The largest absolute Gasteiger partial charge is 0.508 e. The molecular weight excluding hydrogens is 1340 g/mol. The van der Waals surface area contributed by atoms with Crippen molar-refractivity contribution in [3.63, 3.8) is 0 Å². The molecule has 0 aromatic heterocycles. The van der Waals surface area contributed by atoms with Gasteiger partial charge in [-0.1, -0.05) is 55.2 Å². The number of hydrogen-bond acceptors (Lipinski definition) is 23. The number of hydrogen-bond donors (Lipinski definition) is 17. The molecule has 0 radical (unpaired) electrons. The van der Waals surface area contributed by atoms with Crippen LogP contribution in [-0.4, -0.2) is 184 Å². The lowest BCUT2D eigenvalue weighted by atomic mass is 9.89. The van der Waals surface area contributed by atoms with E-state index in [4.69, 9.17) is 52.6 Å². The standard InChI is InChI=1S/C64H70Cl2N8O24/c1-23(2)13-34(74(6)63(93)98-64(3,4)5)56(86)72-47-49(80)25-8-11-37(31(65)15-25)94-39-17-27-18-40(54(39)97-62-53(84)52(83)51(82)41(22-75)96-62)95-38-12-9-26(16-32(38)66)50(81)48-60(90)71-46(61(91)92)30-19-28(76)20-36(78)43(30)29-14-24(7-10-35(29)77)44(57(87)73-48)70-58(88)45(27)69-55(85)33(21-42(67)79)68-59(47)89/h7-12,14-20,23,33-34,41,44-53,62,75-78,80-84H,13,21-22H2,1-6H3,(H2,67,79)(H,68,89)(H,69,85)(H,70,88)(H,71,90)(H,72,86)(H,73,87)(H,91,92)/t33-,34+,41?,44+,45+,46-,47+,48-,49+,50+,51?,52?,53?,62?/m0/s1. The van der Waals surface area contributed by atoms with Gasteiger partial charge in [0.05, 0.1) is 23.1 Å². The molecule has 5 aromatic carbocycles. The number of fused-ring (bicyclic) bond motifs is 15. The number of primary amides is 1. The normalized spacial score (nSPS) is 25.3. The van der Waals surface area contributed by atoms with Crippen LogP contribution in [0.4, 0.5) is 4.79 Å². The second-order valence-electron chi connectivity index (χ2n) is 24.9. The van der Waals surface area contributed by atoms with Gasteiger partial charge in [0.2, 0.25) is 53.4 Å². The predicted octanol–water partition coefficient (Wildman–Crippen LogP) is 1.52. The Kier molecular flexibility index (Phi) is 21.5. The Morgan fingerprint density at radius 2 is 1.26 bits per heavy atom. The van der Waals surface area contributed by atoms with Crippen molar-refractivity contribution in [2.75, 3.05) is 13.7 Å². The van der Waals surface area contributed by atoms with E-state index in [1.54, 1.807) is 34.6 Å². The molecule has 34 heteroatoms. The maximum atomic E-state index is 15.9. The van der Waals surface area contributed by atoms with Gasteiger partial charge in [-0.3, -0.25) is 38.5 Å². The van der Waals surface area contributed by atoms with E-state index in [0.717, 1.165) is 83.8 Å². The first-order valence-electron chi connectivity index (χ1n) is 30.2. The van der Waals surface area contributed by atoms with Gasteiger partial charge in [0.15, 0.2) is 17.5 Å². The molecule has 5 aromatic rings. The summed E-state index contributed by atoms with van der Waals surface area (Å²) >= 11 is 13.9. The van der Waals surface area contributed by atoms with Crippen molar-refractivity contribution >= 4 is 76.6 Å². The molecule has 6 aliphatic heterocycles. The first kappa shape index (κ1) is 72.5. The molecule has 11 bridgehead atoms. The maximum absolute atomic E-state index is 15.9. The fourth-order valence-electron chi connectivity index (χ4n) is 11.2. The van der Waals surface area contributed by atoms with E-state index >= 15 is 14.4 Å². The third-order valence-corrected chi connectivity index (χ3v) is 16.8. The number of rotatable bonds is 11. The average Bonchev–Trinajstić information content (AvgIpc) is 0.770. The van der Waals surface area contributed by atoms with Crippen LogP contribution in [0.15, 0.2) is 78.9 Å².